The summed E-state index contributed by atoms with van der Waals surface area (Å²) in [6.45, 7) is 13.1. The van der Waals surface area contributed by atoms with E-state index in [9.17, 15) is 0 Å². The Morgan fingerprint density at radius 1 is 1.00 bits per heavy atom. The molecule has 0 aliphatic carbocycles. The highest BCUT2D eigenvalue weighted by Crippen LogP contribution is 2.31. The van der Waals surface area contributed by atoms with Gasteiger partial charge in [-0.1, -0.05) is 27.7 Å². The van der Waals surface area contributed by atoms with Crippen LogP contribution in [0.5, 0.6) is 0 Å². The second-order valence-electron chi connectivity index (χ2n) is 5.81. The molecule has 0 aromatic heterocycles. The molecule has 1 rings (SSSR count). The first kappa shape index (κ1) is 20.1. The minimum absolute atomic E-state index is 0.173. The Morgan fingerprint density at radius 3 is 1.95 bits per heavy atom. The molecule has 0 spiro atoms. The second kappa shape index (κ2) is 10.0. The van der Waals surface area contributed by atoms with Crippen molar-refractivity contribution in [1.29, 1.82) is 0 Å². The summed E-state index contributed by atoms with van der Waals surface area (Å²) in [5.74, 6) is -0.703. The largest absolute Gasteiger partial charge is 0.501 e. The van der Waals surface area contributed by atoms with Crippen molar-refractivity contribution in [2.75, 3.05) is 26.4 Å². The van der Waals surface area contributed by atoms with Crippen LogP contribution in [0, 0.1) is 0 Å². The van der Waals surface area contributed by atoms with Crippen molar-refractivity contribution in [1.82, 2.24) is 0 Å². The smallest absolute Gasteiger partial charge is 0.373 e. The topological polar surface area (TPSA) is 46.2 Å². The lowest BCUT2D eigenvalue weighted by Crippen LogP contribution is -2.56. The van der Waals surface area contributed by atoms with Gasteiger partial charge in [-0.2, -0.15) is 0 Å². The first-order chi connectivity index (χ1) is 10.6. The molecule has 5 nitrogen and oxygen atoms in total. The van der Waals surface area contributed by atoms with Crippen LogP contribution in [0.15, 0.2) is 0 Å². The lowest BCUT2D eigenvalue weighted by atomic mass is 10.1. The summed E-state index contributed by atoms with van der Waals surface area (Å²) in [6.07, 6.45) is 3.47. The van der Waals surface area contributed by atoms with Gasteiger partial charge < -0.3 is 22.8 Å². The van der Waals surface area contributed by atoms with Crippen LogP contribution < -0.4 is 0 Å². The van der Waals surface area contributed by atoms with E-state index in [0.717, 1.165) is 31.7 Å². The van der Waals surface area contributed by atoms with Gasteiger partial charge in [0.05, 0.1) is 13.2 Å². The van der Waals surface area contributed by atoms with Crippen LogP contribution >= 0.6 is 0 Å². The average Bonchev–Trinajstić information content (AvgIpc) is 2.55. The van der Waals surface area contributed by atoms with Crippen molar-refractivity contribution >= 4 is 8.80 Å². The van der Waals surface area contributed by atoms with E-state index in [-0.39, 0.29) is 6.10 Å². The third kappa shape index (κ3) is 5.58. The van der Waals surface area contributed by atoms with Gasteiger partial charge in [0.15, 0.2) is 5.79 Å². The van der Waals surface area contributed by atoms with E-state index in [1.807, 2.05) is 6.92 Å². The summed E-state index contributed by atoms with van der Waals surface area (Å²) in [7, 11) is -2.69. The normalized spacial score (nSPS) is 20.0. The molecule has 0 N–H and O–H groups in total. The maximum atomic E-state index is 6.43. The van der Waals surface area contributed by atoms with Crippen LogP contribution in [-0.2, 0) is 22.8 Å². The lowest BCUT2D eigenvalue weighted by Gasteiger charge is -2.43. The maximum Gasteiger partial charge on any atom is 0.501 e. The third-order valence-electron chi connectivity index (χ3n) is 3.83. The molecule has 1 saturated heterocycles. The number of ether oxygens (including phenoxy) is 2. The predicted molar refractivity (Wildman–Crippen MR) is 88.8 cm³/mol. The summed E-state index contributed by atoms with van der Waals surface area (Å²) in [5.41, 5.74) is 0. The minimum atomic E-state index is -2.69. The van der Waals surface area contributed by atoms with E-state index >= 15 is 0 Å². The molecular weight excluding hydrogens is 300 g/mol. The lowest BCUT2D eigenvalue weighted by molar-refractivity contribution is -0.298. The van der Waals surface area contributed by atoms with Crippen LogP contribution in [0.3, 0.4) is 0 Å². The molecule has 0 saturated carbocycles. The van der Waals surface area contributed by atoms with Gasteiger partial charge in [0.1, 0.15) is 6.10 Å². The fourth-order valence-corrected chi connectivity index (χ4v) is 5.17. The summed E-state index contributed by atoms with van der Waals surface area (Å²) >= 11 is 0. The van der Waals surface area contributed by atoms with Gasteiger partial charge in [-0.3, -0.25) is 0 Å². The van der Waals surface area contributed by atoms with Crippen LogP contribution in [-0.4, -0.2) is 47.1 Å². The predicted octanol–water partition coefficient (Wildman–Crippen LogP) is 3.75. The SMILES string of the molecule is CCCO[Si](CC)(OCCC)OC(CC)C1(C)OCCCO1. The monoisotopic (exact) mass is 334 g/mol. The van der Waals surface area contributed by atoms with Crippen molar-refractivity contribution in [3.05, 3.63) is 0 Å². The molecule has 1 aliphatic heterocycles. The molecule has 22 heavy (non-hydrogen) atoms. The van der Waals surface area contributed by atoms with Crippen LogP contribution in [0.2, 0.25) is 6.04 Å². The molecule has 1 unspecified atom stereocenters. The maximum absolute atomic E-state index is 6.43. The molecule has 0 aromatic rings. The molecule has 0 radical (unpaired) electrons. The van der Waals surface area contributed by atoms with Gasteiger partial charge in [-0.25, -0.2) is 0 Å². The Bertz CT molecular complexity index is 286. The van der Waals surface area contributed by atoms with Gasteiger partial charge in [0.2, 0.25) is 0 Å². The summed E-state index contributed by atoms with van der Waals surface area (Å²) < 4.78 is 30.4. The summed E-state index contributed by atoms with van der Waals surface area (Å²) in [4.78, 5) is 0. The van der Waals surface area contributed by atoms with Crippen molar-refractivity contribution in [3.8, 4) is 0 Å². The van der Waals surface area contributed by atoms with E-state index in [1.165, 1.54) is 0 Å². The van der Waals surface area contributed by atoms with Gasteiger partial charge in [-0.05, 0) is 32.6 Å². The Labute approximate surface area is 137 Å². The Morgan fingerprint density at radius 2 is 1.55 bits per heavy atom. The zero-order valence-electron chi connectivity index (χ0n) is 15.0. The first-order valence-corrected chi connectivity index (χ1v) is 10.7. The highest BCUT2D eigenvalue weighted by molar-refractivity contribution is 6.60. The standard InChI is InChI=1S/C16H34O5Si/c1-6-11-19-22(9-4,20-12-7-2)21-15(8-3)16(5)17-13-10-14-18-16/h15H,6-14H2,1-5H3. The number of rotatable bonds is 11. The van der Waals surface area contributed by atoms with Crippen molar-refractivity contribution in [2.45, 2.75) is 78.2 Å². The zero-order chi connectivity index (χ0) is 16.5. The Hall–Kier alpha value is 0.0169. The van der Waals surface area contributed by atoms with E-state index in [1.54, 1.807) is 0 Å². The first-order valence-electron chi connectivity index (χ1n) is 8.79. The van der Waals surface area contributed by atoms with Gasteiger partial charge in [0, 0.05) is 19.3 Å². The van der Waals surface area contributed by atoms with Crippen molar-refractivity contribution in [3.63, 3.8) is 0 Å². The molecule has 1 aliphatic rings. The second-order valence-corrected chi connectivity index (χ2v) is 8.70. The molecule has 1 atom stereocenters. The molecule has 1 fully saturated rings. The van der Waals surface area contributed by atoms with Crippen molar-refractivity contribution < 1.29 is 22.8 Å². The molecule has 6 heteroatoms. The van der Waals surface area contributed by atoms with E-state index in [4.69, 9.17) is 22.8 Å². The van der Waals surface area contributed by atoms with E-state index in [2.05, 4.69) is 27.7 Å². The number of hydrogen-bond acceptors (Lipinski definition) is 5. The van der Waals surface area contributed by atoms with Gasteiger partial charge in [-0.15, -0.1) is 0 Å². The Balaban J connectivity index is 2.82. The fourth-order valence-electron chi connectivity index (χ4n) is 2.53. The highest BCUT2D eigenvalue weighted by Gasteiger charge is 2.47. The van der Waals surface area contributed by atoms with Crippen LogP contribution in [0.1, 0.15) is 60.3 Å². The van der Waals surface area contributed by atoms with Gasteiger partial charge >= 0.3 is 8.80 Å². The molecule has 0 bridgehead atoms. The molecule has 1 heterocycles. The molecule has 0 aromatic carbocycles. The molecule has 132 valence electrons. The van der Waals surface area contributed by atoms with Crippen LogP contribution in [0.25, 0.3) is 0 Å². The highest BCUT2D eigenvalue weighted by atomic mass is 28.4. The van der Waals surface area contributed by atoms with Gasteiger partial charge in [0.25, 0.3) is 0 Å². The fraction of sp³-hybridized carbons (Fsp3) is 1.00. The third-order valence-corrected chi connectivity index (χ3v) is 6.63. The quantitative estimate of drug-likeness (QED) is 0.539. The minimum Gasteiger partial charge on any atom is -0.373 e. The molecule has 0 amide bonds. The van der Waals surface area contributed by atoms with Crippen LogP contribution in [0.4, 0.5) is 0 Å². The molecular formula is C16H34O5Si. The van der Waals surface area contributed by atoms with E-state index in [0.29, 0.717) is 26.4 Å². The number of hydrogen-bond donors (Lipinski definition) is 0. The zero-order valence-corrected chi connectivity index (χ0v) is 16.0. The summed E-state index contributed by atoms with van der Waals surface area (Å²) in [6, 6.07) is 0.763. The van der Waals surface area contributed by atoms with E-state index < -0.39 is 14.6 Å². The summed E-state index contributed by atoms with van der Waals surface area (Å²) in [5, 5.41) is 0. The van der Waals surface area contributed by atoms with Crippen molar-refractivity contribution in [2.24, 2.45) is 0 Å². The average molecular weight is 335 g/mol. The Kier molecular flexibility index (Phi) is 9.12.